The van der Waals surface area contributed by atoms with Gasteiger partial charge in [-0.3, -0.25) is 9.79 Å². The Balaban J connectivity index is 1.34. The average molecular weight is 480 g/mol. The molecule has 0 amide bonds. The molecule has 4 heterocycles. The zero-order valence-electron chi connectivity index (χ0n) is 19.8. The number of pyridine rings is 1. The minimum Gasteiger partial charge on any atom is -0.356 e. The first-order valence-corrected chi connectivity index (χ1v) is 12.1. The summed E-state index contributed by atoms with van der Waals surface area (Å²) in [6.45, 7) is 4.02. The van der Waals surface area contributed by atoms with Crippen molar-refractivity contribution < 1.29 is 4.79 Å². The van der Waals surface area contributed by atoms with E-state index in [1.807, 2.05) is 19.1 Å². The third-order valence-corrected chi connectivity index (χ3v) is 7.25. The summed E-state index contributed by atoms with van der Waals surface area (Å²) < 4.78 is 0. The Morgan fingerprint density at radius 1 is 1.21 bits per heavy atom. The molecule has 1 aromatic heterocycles. The molecule has 3 aliphatic heterocycles. The molecule has 178 valence electrons. The standard InChI is InChI=1S/C25H30ClN7O/c1-16-22(4-5-23(29-16)33-10-7-20(8-11-33)32(2)3)30-24-27-15-18-14-21(34)13-17-12-19(26)6-9-28-25(17,18)31-24/h4-6,9,12,15,20H,7-8,10-11,13-14H2,1-3H3,(H2,27,30,31). The summed E-state index contributed by atoms with van der Waals surface area (Å²) in [5, 5.41) is 7.36. The summed E-state index contributed by atoms with van der Waals surface area (Å²) in [5.41, 5.74) is 2.57. The van der Waals surface area contributed by atoms with Crippen LogP contribution in [0.2, 0.25) is 0 Å². The van der Waals surface area contributed by atoms with Crippen LogP contribution < -0.4 is 15.5 Å². The molecular weight excluding hydrogens is 450 g/mol. The predicted octanol–water partition coefficient (Wildman–Crippen LogP) is 3.37. The fraction of sp³-hybridized carbons (Fsp3) is 0.440. The van der Waals surface area contributed by atoms with Crippen LogP contribution in [0.1, 0.15) is 31.4 Å². The van der Waals surface area contributed by atoms with Gasteiger partial charge in [0.25, 0.3) is 0 Å². The van der Waals surface area contributed by atoms with Gasteiger partial charge >= 0.3 is 0 Å². The Labute approximate surface area is 205 Å². The molecule has 9 heteroatoms. The van der Waals surface area contributed by atoms with Crippen LogP contribution in [-0.4, -0.2) is 66.7 Å². The summed E-state index contributed by atoms with van der Waals surface area (Å²) in [7, 11) is 4.30. The molecule has 1 saturated heterocycles. The lowest BCUT2D eigenvalue weighted by atomic mass is 9.79. The molecule has 1 aliphatic carbocycles. The van der Waals surface area contributed by atoms with Gasteiger partial charge in [0.2, 0.25) is 5.96 Å². The number of halogens is 1. The van der Waals surface area contributed by atoms with Gasteiger partial charge in [-0.05, 0) is 63.7 Å². The Bertz CT molecular complexity index is 1160. The second-order valence-electron chi connectivity index (χ2n) is 9.47. The molecule has 1 unspecified atom stereocenters. The van der Waals surface area contributed by atoms with Crippen molar-refractivity contribution >= 4 is 41.1 Å². The van der Waals surface area contributed by atoms with E-state index in [9.17, 15) is 4.79 Å². The summed E-state index contributed by atoms with van der Waals surface area (Å²) >= 11 is 6.28. The molecular formula is C25H30ClN7O. The third-order valence-electron chi connectivity index (χ3n) is 7.01. The van der Waals surface area contributed by atoms with Crippen molar-refractivity contribution in [2.45, 2.75) is 44.3 Å². The van der Waals surface area contributed by atoms with Gasteiger partial charge in [-0.25, -0.2) is 9.98 Å². The number of nitrogens with zero attached hydrogens (tertiary/aromatic N) is 5. The first kappa shape index (κ1) is 22.8. The molecule has 5 rings (SSSR count). The highest BCUT2D eigenvalue weighted by molar-refractivity contribution is 6.32. The van der Waals surface area contributed by atoms with Crippen LogP contribution in [0, 0.1) is 6.92 Å². The molecule has 0 aromatic carbocycles. The van der Waals surface area contributed by atoms with Crippen molar-refractivity contribution in [3.63, 3.8) is 0 Å². The first-order chi connectivity index (χ1) is 16.3. The number of anilines is 2. The number of guanidine groups is 1. The molecule has 8 nitrogen and oxygen atoms in total. The maximum Gasteiger partial charge on any atom is 0.202 e. The highest BCUT2D eigenvalue weighted by Gasteiger charge is 2.45. The van der Waals surface area contributed by atoms with Crippen LogP contribution in [0.15, 0.2) is 56.6 Å². The van der Waals surface area contributed by atoms with E-state index < -0.39 is 5.66 Å². The van der Waals surface area contributed by atoms with Crippen molar-refractivity contribution in [2.24, 2.45) is 9.98 Å². The maximum atomic E-state index is 12.3. The second-order valence-corrected chi connectivity index (χ2v) is 9.90. The number of hydrogen-bond donors (Lipinski definition) is 2. The fourth-order valence-corrected chi connectivity index (χ4v) is 5.23. The molecule has 2 fully saturated rings. The maximum absolute atomic E-state index is 12.3. The van der Waals surface area contributed by atoms with Crippen molar-refractivity contribution in [3.05, 3.63) is 52.4 Å². The van der Waals surface area contributed by atoms with Crippen LogP contribution in [0.4, 0.5) is 11.5 Å². The van der Waals surface area contributed by atoms with Gasteiger partial charge in [0.1, 0.15) is 11.6 Å². The predicted molar refractivity (Wildman–Crippen MR) is 138 cm³/mol. The van der Waals surface area contributed by atoms with Gasteiger partial charge in [0.15, 0.2) is 5.66 Å². The molecule has 1 aromatic rings. The molecule has 1 saturated carbocycles. The monoisotopic (exact) mass is 479 g/mol. The molecule has 34 heavy (non-hydrogen) atoms. The van der Waals surface area contributed by atoms with E-state index in [0.29, 0.717) is 29.9 Å². The summed E-state index contributed by atoms with van der Waals surface area (Å²) in [5.74, 6) is 1.70. The molecule has 1 atom stereocenters. The average Bonchev–Trinajstić information content (AvgIpc) is 2.96. The van der Waals surface area contributed by atoms with Gasteiger partial charge in [0.05, 0.1) is 11.4 Å². The summed E-state index contributed by atoms with van der Waals surface area (Å²) in [6, 6.07) is 4.75. The lowest BCUT2D eigenvalue weighted by Gasteiger charge is -2.41. The number of ketones is 1. The lowest BCUT2D eigenvalue weighted by molar-refractivity contribution is -0.118. The van der Waals surface area contributed by atoms with Crippen molar-refractivity contribution in [1.82, 2.24) is 15.2 Å². The van der Waals surface area contributed by atoms with Crippen LogP contribution in [0.5, 0.6) is 0 Å². The van der Waals surface area contributed by atoms with Crippen molar-refractivity contribution in [1.29, 1.82) is 0 Å². The zero-order valence-corrected chi connectivity index (χ0v) is 20.6. The summed E-state index contributed by atoms with van der Waals surface area (Å²) in [6.07, 6.45) is 9.90. The Morgan fingerprint density at radius 2 is 1.97 bits per heavy atom. The number of carbonyl (C=O) groups is 1. The number of aryl methyl sites for hydroxylation is 1. The van der Waals surface area contributed by atoms with Crippen LogP contribution in [0.3, 0.4) is 0 Å². The SMILES string of the molecule is Cc1nc(N2CCC(N(C)C)CC2)ccc1NC1=NC=C2CC(=O)CC3=CC(Cl)=CC=NC23N1. The van der Waals surface area contributed by atoms with E-state index in [4.69, 9.17) is 21.6 Å². The van der Waals surface area contributed by atoms with Crippen molar-refractivity contribution in [3.8, 4) is 0 Å². The molecule has 0 bridgehead atoms. The van der Waals surface area contributed by atoms with E-state index >= 15 is 0 Å². The number of rotatable bonds is 3. The number of aromatic nitrogens is 1. The van der Waals surface area contributed by atoms with E-state index in [-0.39, 0.29) is 5.78 Å². The molecule has 1 spiro atoms. The van der Waals surface area contributed by atoms with Gasteiger partial charge in [-0.1, -0.05) is 11.6 Å². The van der Waals surface area contributed by atoms with E-state index in [1.54, 1.807) is 18.5 Å². The topological polar surface area (TPSA) is 85.2 Å². The van der Waals surface area contributed by atoms with E-state index in [1.165, 1.54) is 0 Å². The van der Waals surface area contributed by atoms with Crippen LogP contribution in [-0.2, 0) is 4.79 Å². The van der Waals surface area contributed by atoms with Crippen LogP contribution in [0.25, 0.3) is 0 Å². The normalized spacial score (nSPS) is 24.9. The van der Waals surface area contributed by atoms with Gasteiger partial charge in [-0.15, -0.1) is 0 Å². The highest BCUT2D eigenvalue weighted by Crippen LogP contribution is 2.40. The Kier molecular flexibility index (Phi) is 6.04. The highest BCUT2D eigenvalue weighted by atomic mass is 35.5. The van der Waals surface area contributed by atoms with Gasteiger partial charge in [-0.2, -0.15) is 0 Å². The smallest absolute Gasteiger partial charge is 0.202 e. The Morgan fingerprint density at radius 3 is 2.71 bits per heavy atom. The zero-order chi connectivity index (χ0) is 23.9. The van der Waals surface area contributed by atoms with E-state index in [2.05, 4.69) is 45.6 Å². The third kappa shape index (κ3) is 4.28. The van der Waals surface area contributed by atoms with Crippen molar-refractivity contribution in [2.75, 3.05) is 37.4 Å². The lowest BCUT2D eigenvalue weighted by Crippen LogP contribution is -2.56. The molecule has 4 aliphatic rings. The number of Topliss-reactive ketones (excluding diaryl/α,β-unsaturated/α-hetero) is 1. The summed E-state index contributed by atoms with van der Waals surface area (Å²) in [4.78, 5) is 31.2. The quantitative estimate of drug-likeness (QED) is 0.691. The van der Waals surface area contributed by atoms with Gasteiger partial charge in [0, 0.05) is 55.0 Å². The second kappa shape index (κ2) is 9.00. The minimum atomic E-state index is -0.844. The molecule has 0 radical (unpaired) electrons. The first-order valence-electron chi connectivity index (χ1n) is 11.7. The van der Waals surface area contributed by atoms with Gasteiger partial charge < -0.3 is 20.4 Å². The molecule has 2 N–H and O–H groups in total. The number of hydrogen-bond acceptors (Lipinski definition) is 8. The Hall–Kier alpha value is -2.97. The van der Waals surface area contributed by atoms with Crippen LogP contribution >= 0.6 is 11.6 Å². The largest absolute Gasteiger partial charge is 0.356 e. The minimum absolute atomic E-state index is 0.133. The van der Waals surface area contributed by atoms with E-state index in [0.717, 1.165) is 54.3 Å². The fourth-order valence-electron chi connectivity index (χ4n) is 5.04. The number of aliphatic imine (C=N–C) groups is 2. The number of nitrogens with one attached hydrogen (secondary N) is 2. The number of piperidine rings is 1. The number of allylic oxidation sites excluding steroid dienone is 3. The number of carbonyl (C=O) groups excluding carboxylic acids is 1.